The molecule has 3 aromatic rings. The van der Waals surface area contributed by atoms with Crippen molar-refractivity contribution in [2.75, 3.05) is 6.61 Å². The van der Waals surface area contributed by atoms with Crippen LogP contribution in [0.5, 0.6) is 11.5 Å². The van der Waals surface area contributed by atoms with Gasteiger partial charge in [0.1, 0.15) is 22.8 Å². The minimum absolute atomic E-state index is 0.178. The zero-order valence-electron chi connectivity index (χ0n) is 10.8. The largest absolute Gasteiger partial charge is 0.507 e. The number of phenolic OH excluding ortho intramolecular Hbond substituents is 1. The average molecular weight is 267 g/mol. The molecule has 0 bridgehead atoms. The number of nitrogens with zero attached hydrogens (tertiary/aromatic N) is 2. The number of benzene rings is 1. The lowest BCUT2D eigenvalue weighted by Crippen LogP contribution is -2.08. The summed E-state index contributed by atoms with van der Waals surface area (Å²) in [5.41, 5.74) is 3.51. The maximum atomic E-state index is 10.2. The maximum Gasteiger partial charge on any atom is 0.142 e. The molecule has 3 heterocycles. The van der Waals surface area contributed by atoms with Gasteiger partial charge in [-0.25, -0.2) is 4.98 Å². The zero-order valence-corrected chi connectivity index (χ0v) is 10.8. The highest BCUT2D eigenvalue weighted by Crippen LogP contribution is 2.36. The van der Waals surface area contributed by atoms with Crippen molar-refractivity contribution in [1.82, 2.24) is 15.0 Å². The Hall–Kier alpha value is -2.56. The van der Waals surface area contributed by atoms with E-state index in [0.29, 0.717) is 18.0 Å². The zero-order chi connectivity index (χ0) is 13.5. The molecule has 4 rings (SSSR count). The van der Waals surface area contributed by atoms with E-state index in [1.807, 2.05) is 12.1 Å². The van der Waals surface area contributed by atoms with Crippen LogP contribution in [0.2, 0.25) is 0 Å². The monoisotopic (exact) mass is 267 g/mol. The first-order chi connectivity index (χ1) is 9.81. The van der Waals surface area contributed by atoms with Crippen molar-refractivity contribution in [3.05, 3.63) is 36.2 Å². The molecule has 100 valence electrons. The van der Waals surface area contributed by atoms with Gasteiger partial charge in [-0.1, -0.05) is 0 Å². The lowest BCUT2D eigenvalue weighted by Gasteiger charge is -2.18. The minimum atomic E-state index is 0.178. The molecule has 0 radical (unpaired) electrons. The van der Waals surface area contributed by atoms with E-state index in [1.165, 1.54) is 0 Å². The number of rotatable bonds is 1. The summed E-state index contributed by atoms with van der Waals surface area (Å²) >= 11 is 0. The van der Waals surface area contributed by atoms with E-state index in [-0.39, 0.29) is 5.75 Å². The van der Waals surface area contributed by atoms with E-state index in [0.717, 1.165) is 35.2 Å². The van der Waals surface area contributed by atoms with Gasteiger partial charge >= 0.3 is 0 Å². The summed E-state index contributed by atoms with van der Waals surface area (Å²) in [6.07, 6.45) is 5.38. The molecular formula is C15H13N3O2. The molecule has 5 nitrogen and oxygen atoms in total. The van der Waals surface area contributed by atoms with Crippen LogP contribution < -0.4 is 4.74 Å². The molecule has 0 saturated heterocycles. The second kappa shape index (κ2) is 4.23. The van der Waals surface area contributed by atoms with Gasteiger partial charge in [-0.3, -0.25) is 4.98 Å². The molecule has 0 spiro atoms. The number of hydrogen-bond acceptors (Lipinski definition) is 4. The Morgan fingerprint density at radius 3 is 3.15 bits per heavy atom. The molecule has 0 fully saturated rings. The molecule has 5 heteroatoms. The highest BCUT2D eigenvalue weighted by Gasteiger charge is 2.17. The summed E-state index contributed by atoms with van der Waals surface area (Å²) in [6, 6.07) is 5.49. The SMILES string of the molecule is Oc1cc2c(cc1-c1nc3cnccc3[nH]1)CCCO2. The van der Waals surface area contributed by atoms with Crippen LogP contribution >= 0.6 is 0 Å². The molecule has 20 heavy (non-hydrogen) atoms. The Labute approximate surface area is 115 Å². The maximum absolute atomic E-state index is 10.2. The molecule has 0 amide bonds. The van der Waals surface area contributed by atoms with E-state index in [4.69, 9.17) is 4.74 Å². The molecule has 0 unspecified atom stereocenters. The first-order valence-corrected chi connectivity index (χ1v) is 6.60. The van der Waals surface area contributed by atoms with E-state index in [2.05, 4.69) is 15.0 Å². The third kappa shape index (κ3) is 1.71. The van der Waals surface area contributed by atoms with Crippen LogP contribution in [-0.2, 0) is 6.42 Å². The molecule has 2 aromatic heterocycles. The molecule has 0 atom stereocenters. The van der Waals surface area contributed by atoms with Crippen molar-refractivity contribution in [2.45, 2.75) is 12.8 Å². The number of aromatic nitrogens is 3. The van der Waals surface area contributed by atoms with Crippen molar-refractivity contribution < 1.29 is 9.84 Å². The van der Waals surface area contributed by atoms with Gasteiger partial charge in [-0.05, 0) is 30.5 Å². The van der Waals surface area contributed by atoms with Crippen LogP contribution in [0.25, 0.3) is 22.4 Å². The number of hydrogen-bond donors (Lipinski definition) is 2. The number of aryl methyl sites for hydroxylation is 1. The second-order valence-electron chi connectivity index (χ2n) is 4.91. The third-order valence-corrected chi connectivity index (χ3v) is 3.57. The number of aromatic amines is 1. The van der Waals surface area contributed by atoms with Crippen LogP contribution in [-0.4, -0.2) is 26.7 Å². The van der Waals surface area contributed by atoms with Crippen LogP contribution in [0.15, 0.2) is 30.6 Å². The number of aromatic hydroxyl groups is 1. The number of fused-ring (bicyclic) bond motifs is 2. The van der Waals surface area contributed by atoms with Crippen LogP contribution in [0.4, 0.5) is 0 Å². The molecule has 1 aromatic carbocycles. The average Bonchev–Trinajstić information content (AvgIpc) is 2.90. The Morgan fingerprint density at radius 1 is 1.30 bits per heavy atom. The highest BCUT2D eigenvalue weighted by atomic mass is 16.5. The van der Waals surface area contributed by atoms with Crippen LogP contribution in [0.3, 0.4) is 0 Å². The van der Waals surface area contributed by atoms with Crippen molar-refractivity contribution in [1.29, 1.82) is 0 Å². The summed E-state index contributed by atoms with van der Waals surface area (Å²) in [5, 5.41) is 10.2. The summed E-state index contributed by atoms with van der Waals surface area (Å²) in [6.45, 7) is 0.710. The summed E-state index contributed by atoms with van der Waals surface area (Å²) in [5.74, 6) is 1.60. The van der Waals surface area contributed by atoms with Crippen molar-refractivity contribution in [3.8, 4) is 22.9 Å². The fraction of sp³-hybridized carbons (Fsp3) is 0.200. The first kappa shape index (κ1) is 11.3. The lowest BCUT2D eigenvalue weighted by atomic mass is 10.0. The molecule has 0 saturated carbocycles. The minimum Gasteiger partial charge on any atom is -0.507 e. The van der Waals surface area contributed by atoms with Gasteiger partial charge in [0, 0.05) is 12.3 Å². The Bertz CT molecular complexity index is 762. The number of pyridine rings is 1. The summed E-state index contributed by atoms with van der Waals surface area (Å²) in [4.78, 5) is 11.7. The Kier molecular flexibility index (Phi) is 2.39. The van der Waals surface area contributed by atoms with E-state index in [9.17, 15) is 5.11 Å². The Balaban J connectivity index is 1.88. The van der Waals surface area contributed by atoms with Crippen LogP contribution in [0.1, 0.15) is 12.0 Å². The predicted octanol–water partition coefficient (Wildman–Crippen LogP) is 2.66. The van der Waals surface area contributed by atoms with E-state index >= 15 is 0 Å². The topological polar surface area (TPSA) is 71.0 Å². The van der Waals surface area contributed by atoms with E-state index in [1.54, 1.807) is 18.5 Å². The van der Waals surface area contributed by atoms with Gasteiger partial charge in [-0.2, -0.15) is 0 Å². The lowest BCUT2D eigenvalue weighted by molar-refractivity contribution is 0.286. The number of imidazole rings is 1. The molecule has 1 aliphatic heterocycles. The van der Waals surface area contributed by atoms with E-state index < -0.39 is 0 Å². The molecular weight excluding hydrogens is 254 g/mol. The van der Waals surface area contributed by atoms with Crippen molar-refractivity contribution >= 4 is 11.0 Å². The van der Waals surface area contributed by atoms with Crippen molar-refractivity contribution in [2.24, 2.45) is 0 Å². The summed E-state index contributed by atoms with van der Waals surface area (Å²) in [7, 11) is 0. The van der Waals surface area contributed by atoms with Gasteiger partial charge < -0.3 is 14.8 Å². The highest BCUT2D eigenvalue weighted by molar-refractivity contribution is 5.80. The quantitative estimate of drug-likeness (QED) is 0.711. The third-order valence-electron chi connectivity index (χ3n) is 3.57. The fourth-order valence-electron chi connectivity index (χ4n) is 2.56. The Morgan fingerprint density at radius 2 is 2.25 bits per heavy atom. The number of H-pyrrole nitrogens is 1. The van der Waals surface area contributed by atoms with Crippen molar-refractivity contribution in [3.63, 3.8) is 0 Å². The fourth-order valence-corrected chi connectivity index (χ4v) is 2.56. The number of ether oxygens (including phenoxy) is 1. The van der Waals surface area contributed by atoms with Gasteiger partial charge in [0.2, 0.25) is 0 Å². The second-order valence-corrected chi connectivity index (χ2v) is 4.91. The smallest absolute Gasteiger partial charge is 0.142 e. The van der Waals surface area contributed by atoms with Gasteiger partial charge in [0.25, 0.3) is 0 Å². The van der Waals surface area contributed by atoms with Gasteiger partial charge in [0.15, 0.2) is 0 Å². The van der Waals surface area contributed by atoms with Gasteiger partial charge in [0.05, 0.1) is 23.9 Å². The normalized spacial score (nSPS) is 14.0. The molecule has 1 aliphatic rings. The number of phenols is 1. The standard InChI is InChI=1S/C15H13N3O2/c19-13-7-14-9(2-1-5-20-14)6-10(13)15-17-11-3-4-16-8-12(11)18-15/h3-4,6-8,19H,1-2,5H2,(H,17,18). The van der Waals surface area contributed by atoms with Crippen LogP contribution in [0, 0.1) is 0 Å². The van der Waals surface area contributed by atoms with Gasteiger partial charge in [-0.15, -0.1) is 0 Å². The molecule has 2 N–H and O–H groups in total. The number of nitrogens with one attached hydrogen (secondary N) is 1. The summed E-state index contributed by atoms with van der Waals surface area (Å²) < 4.78 is 5.55. The predicted molar refractivity (Wildman–Crippen MR) is 74.8 cm³/mol. The first-order valence-electron chi connectivity index (χ1n) is 6.60. The molecule has 0 aliphatic carbocycles.